The number of piperidine rings is 1. The van der Waals surface area contributed by atoms with E-state index in [4.69, 9.17) is 4.74 Å². The molecule has 4 rings (SSSR count). The van der Waals surface area contributed by atoms with Gasteiger partial charge in [0.2, 0.25) is 0 Å². The molecule has 2 aliphatic carbocycles. The zero-order chi connectivity index (χ0) is 17.3. The van der Waals surface area contributed by atoms with Crippen LogP contribution in [-0.2, 0) is 4.74 Å². The van der Waals surface area contributed by atoms with Crippen LogP contribution >= 0.6 is 0 Å². The molecule has 5 heteroatoms. The minimum atomic E-state index is 0.419. The summed E-state index contributed by atoms with van der Waals surface area (Å²) in [4.78, 5) is 7.17. The molecule has 4 aliphatic rings. The minimum Gasteiger partial charge on any atom is -0.377 e. The maximum atomic E-state index is 6.04. The summed E-state index contributed by atoms with van der Waals surface area (Å²) in [5, 5.41) is 7.52. The molecule has 2 saturated carbocycles. The van der Waals surface area contributed by atoms with Crippen molar-refractivity contribution in [2.75, 3.05) is 33.3 Å². The van der Waals surface area contributed by atoms with Gasteiger partial charge in [0, 0.05) is 50.2 Å². The molecule has 5 nitrogen and oxygen atoms in total. The highest BCUT2D eigenvalue weighted by molar-refractivity contribution is 5.80. The van der Waals surface area contributed by atoms with E-state index >= 15 is 0 Å². The molecule has 2 heterocycles. The molecular formula is C20H36N4O. The van der Waals surface area contributed by atoms with Gasteiger partial charge in [-0.25, -0.2) is 0 Å². The van der Waals surface area contributed by atoms with E-state index in [1.165, 1.54) is 71.0 Å². The Hall–Kier alpha value is -0.810. The first-order valence-corrected chi connectivity index (χ1v) is 10.6. The predicted molar refractivity (Wildman–Crippen MR) is 102 cm³/mol. The fraction of sp³-hybridized carbons (Fsp3) is 0.950. The summed E-state index contributed by atoms with van der Waals surface area (Å²) >= 11 is 0. The number of unbranched alkanes of at least 4 members (excludes halogenated alkanes) is 1. The SMILES string of the molecule is CCCCN1CCC(NC(=NC)NC2C3CCOC3C23CCC3)CC1. The topological polar surface area (TPSA) is 48.9 Å². The Morgan fingerprint density at radius 1 is 1.20 bits per heavy atom. The number of rotatable bonds is 5. The van der Waals surface area contributed by atoms with Crippen LogP contribution < -0.4 is 10.6 Å². The highest BCUT2D eigenvalue weighted by atomic mass is 16.5. The number of aliphatic imine (C=N–C) groups is 1. The summed E-state index contributed by atoms with van der Waals surface area (Å²) in [5.41, 5.74) is 0.419. The Labute approximate surface area is 153 Å². The number of nitrogens with one attached hydrogen (secondary N) is 2. The van der Waals surface area contributed by atoms with E-state index in [0.29, 0.717) is 29.5 Å². The zero-order valence-electron chi connectivity index (χ0n) is 16.1. The molecule has 0 aromatic rings. The van der Waals surface area contributed by atoms with Crippen LogP contribution in [0.4, 0.5) is 0 Å². The van der Waals surface area contributed by atoms with Crippen molar-refractivity contribution in [3.8, 4) is 0 Å². The third kappa shape index (κ3) is 3.18. The van der Waals surface area contributed by atoms with Gasteiger partial charge >= 0.3 is 0 Å². The molecule has 142 valence electrons. The quantitative estimate of drug-likeness (QED) is 0.592. The highest BCUT2D eigenvalue weighted by Gasteiger charge is 2.66. The lowest BCUT2D eigenvalue weighted by molar-refractivity contribution is -0.171. The number of guanidine groups is 1. The monoisotopic (exact) mass is 348 g/mol. The molecule has 3 atom stereocenters. The van der Waals surface area contributed by atoms with E-state index in [9.17, 15) is 0 Å². The average Bonchev–Trinajstić information content (AvgIpc) is 3.01. The van der Waals surface area contributed by atoms with Crippen LogP contribution in [0.25, 0.3) is 0 Å². The zero-order valence-corrected chi connectivity index (χ0v) is 16.1. The molecule has 2 saturated heterocycles. The van der Waals surface area contributed by atoms with Crippen molar-refractivity contribution in [3.05, 3.63) is 0 Å². The molecule has 2 aliphatic heterocycles. The fourth-order valence-corrected chi connectivity index (χ4v) is 5.65. The number of ether oxygens (including phenoxy) is 1. The summed E-state index contributed by atoms with van der Waals surface area (Å²) in [6.45, 7) is 6.95. The maximum Gasteiger partial charge on any atom is 0.191 e. The van der Waals surface area contributed by atoms with Gasteiger partial charge in [0.15, 0.2) is 5.96 Å². The Morgan fingerprint density at radius 3 is 2.64 bits per heavy atom. The van der Waals surface area contributed by atoms with Gasteiger partial charge in [-0.15, -0.1) is 0 Å². The van der Waals surface area contributed by atoms with Crippen molar-refractivity contribution in [2.45, 2.75) is 76.5 Å². The standard InChI is InChI=1S/C20H36N4O/c1-3-4-11-24-12-6-15(7-13-24)22-19(21-2)23-17-16-8-14-25-18(16)20(17)9-5-10-20/h15-18H,3-14H2,1-2H3,(H2,21,22,23). The normalized spacial score (nSPS) is 35.1. The van der Waals surface area contributed by atoms with Crippen LogP contribution in [-0.4, -0.2) is 62.3 Å². The van der Waals surface area contributed by atoms with Crippen LogP contribution in [0.15, 0.2) is 4.99 Å². The van der Waals surface area contributed by atoms with Gasteiger partial charge in [0.05, 0.1) is 6.10 Å². The molecule has 3 unspecified atom stereocenters. The van der Waals surface area contributed by atoms with Crippen molar-refractivity contribution in [3.63, 3.8) is 0 Å². The Kier molecular flexibility index (Phi) is 5.23. The van der Waals surface area contributed by atoms with Crippen LogP contribution in [0.3, 0.4) is 0 Å². The second-order valence-electron chi connectivity index (χ2n) is 8.64. The highest BCUT2D eigenvalue weighted by Crippen LogP contribution is 2.62. The summed E-state index contributed by atoms with van der Waals surface area (Å²) in [6, 6.07) is 1.14. The summed E-state index contributed by atoms with van der Waals surface area (Å²) < 4.78 is 6.04. The van der Waals surface area contributed by atoms with E-state index in [0.717, 1.165) is 12.6 Å². The van der Waals surface area contributed by atoms with Gasteiger partial charge in [0.25, 0.3) is 0 Å². The summed E-state index contributed by atoms with van der Waals surface area (Å²) in [5.74, 6) is 1.73. The van der Waals surface area contributed by atoms with Gasteiger partial charge in [0.1, 0.15) is 0 Å². The van der Waals surface area contributed by atoms with Crippen LogP contribution in [0.1, 0.15) is 58.3 Å². The van der Waals surface area contributed by atoms with E-state index in [1.807, 2.05) is 7.05 Å². The van der Waals surface area contributed by atoms with Gasteiger partial charge in [-0.2, -0.15) is 0 Å². The van der Waals surface area contributed by atoms with E-state index < -0.39 is 0 Å². The van der Waals surface area contributed by atoms with Gasteiger partial charge in [-0.3, -0.25) is 4.99 Å². The van der Waals surface area contributed by atoms with Crippen molar-refractivity contribution < 1.29 is 4.74 Å². The van der Waals surface area contributed by atoms with Gasteiger partial charge < -0.3 is 20.3 Å². The molecule has 0 aromatic heterocycles. The number of likely N-dealkylation sites (tertiary alicyclic amines) is 1. The number of fused-ring (bicyclic) bond motifs is 2. The maximum absolute atomic E-state index is 6.04. The summed E-state index contributed by atoms with van der Waals surface area (Å²) in [6.07, 6.45) is 10.9. The van der Waals surface area contributed by atoms with Crippen molar-refractivity contribution in [2.24, 2.45) is 16.3 Å². The van der Waals surface area contributed by atoms with Gasteiger partial charge in [-0.05, 0) is 45.1 Å². The van der Waals surface area contributed by atoms with Crippen LogP contribution in [0.5, 0.6) is 0 Å². The molecule has 2 N–H and O–H groups in total. The third-order valence-electron chi connectivity index (χ3n) is 7.31. The molecule has 0 bridgehead atoms. The lowest BCUT2D eigenvalue weighted by Gasteiger charge is -2.63. The van der Waals surface area contributed by atoms with Crippen molar-refractivity contribution in [1.29, 1.82) is 0 Å². The lowest BCUT2D eigenvalue weighted by atomic mass is 9.46. The first-order valence-electron chi connectivity index (χ1n) is 10.6. The first kappa shape index (κ1) is 17.6. The smallest absolute Gasteiger partial charge is 0.191 e. The number of hydrogen-bond acceptors (Lipinski definition) is 3. The average molecular weight is 349 g/mol. The van der Waals surface area contributed by atoms with Gasteiger partial charge in [-0.1, -0.05) is 19.8 Å². The molecule has 0 amide bonds. The molecule has 4 fully saturated rings. The number of nitrogens with zero attached hydrogens (tertiary/aromatic N) is 2. The molecule has 0 radical (unpaired) electrons. The van der Waals surface area contributed by atoms with Crippen LogP contribution in [0, 0.1) is 11.3 Å². The lowest BCUT2D eigenvalue weighted by Crippen LogP contribution is -2.72. The Morgan fingerprint density at radius 2 is 2.00 bits per heavy atom. The van der Waals surface area contributed by atoms with Crippen LogP contribution in [0.2, 0.25) is 0 Å². The molecular weight excluding hydrogens is 312 g/mol. The first-order chi connectivity index (χ1) is 12.3. The van der Waals surface area contributed by atoms with Crippen molar-refractivity contribution >= 4 is 5.96 Å². The number of hydrogen-bond donors (Lipinski definition) is 2. The van der Waals surface area contributed by atoms with E-state index in [-0.39, 0.29) is 0 Å². The van der Waals surface area contributed by atoms with E-state index in [2.05, 4.69) is 27.4 Å². The second kappa shape index (κ2) is 7.43. The Bertz CT molecular complexity index is 482. The molecule has 1 spiro atoms. The largest absolute Gasteiger partial charge is 0.377 e. The minimum absolute atomic E-state index is 0.419. The predicted octanol–water partition coefficient (Wildman–Crippen LogP) is 2.37. The third-order valence-corrected chi connectivity index (χ3v) is 7.31. The van der Waals surface area contributed by atoms with E-state index in [1.54, 1.807) is 0 Å². The second-order valence-corrected chi connectivity index (χ2v) is 8.64. The fourth-order valence-electron chi connectivity index (χ4n) is 5.65. The molecule has 0 aromatic carbocycles. The summed E-state index contributed by atoms with van der Waals surface area (Å²) in [7, 11) is 1.92. The molecule has 25 heavy (non-hydrogen) atoms. The van der Waals surface area contributed by atoms with Crippen molar-refractivity contribution in [1.82, 2.24) is 15.5 Å². The Balaban J connectivity index is 1.28.